The molecule has 0 unspecified atom stereocenters. The third-order valence-corrected chi connectivity index (χ3v) is 5.17. The molecule has 1 N–H and O–H groups in total. The van der Waals surface area contributed by atoms with Gasteiger partial charge in [0.2, 0.25) is 0 Å². The Morgan fingerprint density at radius 1 is 1.21 bits per heavy atom. The zero-order valence-electron chi connectivity index (χ0n) is 15.2. The fourth-order valence-corrected chi connectivity index (χ4v) is 3.58. The summed E-state index contributed by atoms with van der Waals surface area (Å²) in [5.41, 5.74) is 4.91. The molecule has 0 saturated carbocycles. The summed E-state index contributed by atoms with van der Waals surface area (Å²) in [7, 11) is 0. The number of amides is 2. The van der Waals surface area contributed by atoms with Crippen molar-refractivity contribution in [3.05, 3.63) is 82.8 Å². The molecule has 1 fully saturated rings. The summed E-state index contributed by atoms with van der Waals surface area (Å²) >= 11 is 6.40. The van der Waals surface area contributed by atoms with Gasteiger partial charge < -0.3 is 4.74 Å². The van der Waals surface area contributed by atoms with Gasteiger partial charge in [-0.3, -0.25) is 15.0 Å². The van der Waals surface area contributed by atoms with Crippen LogP contribution in [0.15, 0.2) is 66.1 Å². The van der Waals surface area contributed by atoms with Crippen molar-refractivity contribution < 1.29 is 14.3 Å². The second-order valence-electron chi connectivity index (χ2n) is 5.99. The normalized spacial score (nSPS) is 15.0. The van der Waals surface area contributed by atoms with Gasteiger partial charge in [0, 0.05) is 5.56 Å². The van der Waals surface area contributed by atoms with E-state index in [2.05, 4.69) is 12.0 Å². The predicted molar refractivity (Wildman–Crippen MR) is 116 cm³/mol. The van der Waals surface area contributed by atoms with Crippen LogP contribution in [-0.4, -0.2) is 27.8 Å². The van der Waals surface area contributed by atoms with Crippen molar-refractivity contribution in [3.63, 3.8) is 0 Å². The number of hydrazine groups is 1. The summed E-state index contributed by atoms with van der Waals surface area (Å²) < 4.78 is 5.72. The minimum absolute atomic E-state index is 0.280. The number of thioether (sulfide) groups is 1. The molecular formula is C21H18N2O3S2. The molecule has 0 aliphatic carbocycles. The van der Waals surface area contributed by atoms with Crippen LogP contribution in [-0.2, 0) is 4.79 Å². The predicted octanol–water partition coefficient (Wildman–Crippen LogP) is 4.11. The van der Waals surface area contributed by atoms with E-state index in [1.807, 2.05) is 43.3 Å². The van der Waals surface area contributed by atoms with Gasteiger partial charge in [0.15, 0.2) is 4.32 Å². The molecule has 0 bridgehead atoms. The lowest BCUT2D eigenvalue weighted by molar-refractivity contribution is -0.123. The SMILES string of the molecule is C=CCOc1ccc(/C=C2\SC(=S)N(NC(=O)c3ccc(C)cc3)C2=O)cc1. The Kier molecular flexibility index (Phi) is 6.28. The van der Waals surface area contributed by atoms with Crippen molar-refractivity contribution in [3.8, 4) is 5.75 Å². The van der Waals surface area contributed by atoms with E-state index in [1.54, 1.807) is 24.3 Å². The molecule has 1 heterocycles. The van der Waals surface area contributed by atoms with Gasteiger partial charge in [0.25, 0.3) is 11.8 Å². The van der Waals surface area contributed by atoms with E-state index in [9.17, 15) is 9.59 Å². The van der Waals surface area contributed by atoms with Gasteiger partial charge in [-0.2, -0.15) is 5.01 Å². The van der Waals surface area contributed by atoms with Crippen molar-refractivity contribution in [2.45, 2.75) is 6.92 Å². The summed E-state index contributed by atoms with van der Waals surface area (Å²) in [6.07, 6.45) is 3.40. The summed E-state index contributed by atoms with van der Waals surface area (Å²) in [5, 5.41) is 1.11. The third kappa shape index (κ3) is 4.68. The minimum atomic E-state index is -0.388. The van der Waals surface area contributed by atoms with Crippen LogP contribution in [0.2, 0.25) is 0 Å². The smallest absolute Gasteiger partial charge is 0.285 e. The summed E-state index contributed by atoms with van der Waals surface area (Å²) in [6, 6.07) is 14.4. The molecule has 0 atom stereocenters. The van der Waals surface area contributed by atoms with Gasteiger partial charge >= 0.3 is 0 Å². The van der Waals surface area contributed by atoms with Crippen LogP contribution in [0.3, 0.4) is 0 Å². The lowest BCUT2D eigenvalue weighted by Crippen LogP contribution is -2.44. The molecule has 1 saturated heterocycles. The number of nitrogens with zero attached hydrogens (tertiary/aromatic N) is 1. The number of hydrogen-bond donors (Lipinski definition) is 1. The third-order valence-electron chi connectivity index (χ3n) is 3.87. The standard InChI is InChI=1S/C21H18N2O3S2/c1-3-12-26-17-10-6-15(7-11-17)13-18-20(25)23(21(27)28-18)22-19(24)16-8-4-14(2)5-9-16/h3-11,13H,1,12H2,2H3,(H,22,24)/b18-13-. The Morgan fingerprint density at radius 2 is 1.89 bits per heavy atom. The molecule has 0 radical (unpaired) electrons. The first kappa shape index (κ1) is 19.9. The first-order valence-corrected chi connectivity index (χ1v) is 9.70. The quantitative estimate of drug-likeness (QED) is 0.441. The van der Waals surface area contributed by atoms with E-state index in [1.165, 1.54) is 0 Å². The van der Waals surface area contributed by atoms with Gasteiger partial charge in [0.1, 0.15) is 12.4 Å². The number of aryl methyl sites for hydroxylation is 1. The van der Waals surface area contributed by atoms with Crippen LogP contribution >= 0.6 is 24.0 Å². The van der Waals surface area contributed by atoms with E-state index >= 15 is 0 Å². The summed E-state index contributed by atoms with van der Waals surface area (Å²) in [6.45, 7) is 5.97. The molecule has 142 valence electrons. The number of hydrogen-bond acceptors (Lipinski definition) is 5. The molecule has 1 aliphatic rings. The van der Waals surface area contributed by atoms with Crippen molar-refractivity contribution >= 4 is 46.2 Å². The first-order chi connectivity index (χ1) is 13.5. The maximum absolute atomic E-state index is 12.6. The van der Waals surface area contributed by atoms with E-state index in [0.717, 1.165) is 33.6 Å². The van der Waals surface area contributed by atoms with E-state index < -0.39 is 0 Å². The Labute approximate surface area is 173 Å². The number of carbonyl (C=O) groups excluding carboxylic acids is 2. The van der Waals surface area contributed by atoms with E-state index in [-0.39, 0.29) is 16.1 Å². The Bertz CT molecular complexity index is 951. The Morgan fingerprint density at radius 3 is 2.54 bits per heavy atom. The summed E-state index contributed by atoms with van der Waals surface area (Å²) in [5.74, 6) is -0.0290. The highest BCUT2D eigenvalue weighted by molar-refractivity contribution is 8.26. The number of nitrogens with one attached hydrogen (secondary N) is 1. The molecule has 7 heteroatoms. The van der Waals surface area contributed by atoms with Crippen LogP contribution in [0.1, 0.15) is 21.5 Å². The molecule has 3 rings (SSSR count). The maximum Gasteiger partial charge on any atom is 0.285 e. The van der Waals surface area contributed by atoms with Gasteiger partial charge in [-0.25, -0.2) is 0 Å². The second-order valence-corrected chi connectivity index (χ2v) is 7.67. The monoisotopic (exact) mass is 410 g/mol. The average molecular weight is 411 g/mol. The zero-order chi connectivity index (χ0) is 20.1. The molecule has 28 heavy (non-hydrogen) atoms. The highest BCUT2D eigenvalue weighted by Gasteiger charge is 2.33. The molecular weight excluding hydrogens is 392 g/mol. The lowest BCUT2D eigenvalue weighted by atomic mass is 10.1. The van der Waals surface area contributed by atoms with Crippen molar-refractivity contribution in [1.29, 1.82) is 0 Å². The van der Waals surface area contributed by atoms with Gasteiger partial charge in [-0.05, 0) is 55.0 Å². The van der Waals surface area contributed by atoms with Crippen LogP contribution in [0, 0.1) is 6.92 Å². The average Bonchev–Trinajstić information content (AvgIpc) is 2.95. The fraction of sp³-hybridized carbons (Fsp3) is 0.0952. The maximum atomic E-state index is 12.6. The van der Waals surface area contributed by atoms with Crippen molar-refractivity contribution in [1.82, 2.24) is 10.4 Å². The Balaban J connectivity index is 1.70. The molecule has 5 nitrogen and oxygen atoms in total. The largest absolute Gasteiger partial charge is 0.490 e. The number of carbonyl (C=O) groups is 2. The van der Waals surface area contributed by atoms with Gasteiger partial charge in [-0.1, -0.05) is 54.2 Å². The zero-order valence-corrected chi connectivity index (χ0v) is 16.8. The van der Waals surface area contributed by atoms with Crippen LogP contribution in [0.4, 0.5) is 0 Å². The molecule has 1 aliphatic heterocycles. The fourth-order valence-electron chi connectivity index (χ4n) is 2.40. The first-order valence-electron chi connectivity index (χ1n) is 8.47. The Hall–Kier alpha value is -2.90. The van der Waals surface area contributed by atoms with Crippen LogP contribution in [0.25, 0.3) is 6.08 Å². The molecule has 2 amide bonds. The highest BCUT2D eigenvalue weighted by atomic mass is 32.2. The minimum Gasteiger partial charge on any atom is -0.490 e. The second kappa shape index (κ2) is 8.86. The number of thiocarbonyl (C=S) groups is 1. The molecule has 2 aromatic carbocycles. The number of rotatable bonds is 6. The van der Waals surface area contributed by atoms with Crippen LogP contribution < -0.4 is 10.2 Å². The molecule has 0 spiro atoms. The number of benzene rings is 2. The highest BCUT2D eigenvalue weighted by Crippen LogP contribution is 2.31. The van der Waals surface area contributed by atoms with E-state index in [0.29, 0.717) is 17.1 Å². The molecule has 2 aromatic rings. The summed E-state index contributed by atoms with van der Waals surface area (Å²) in [4.78, 5) is 25.5. The number of ether oxygens (including phenoxy) is 1. The van der Waals surface area contributed by atoms with Crippen molar-refractivity contribution in [2.24, 2.45) is 0 Å². The van der Waals surface area contributed by atoms with Gasteiger partial charge in [0.05, 0.1) is 4.91 Å². The van der Waals surface area contributed by atoms with Crippen LogP contribution in [0.5, 0.6) is 5.75 Å². The lowest BCUT2D eigenvalue weighted by Gasteiger charge is -2.15. The topological polar surface area (TPSA) is 58.6 Å². The van der Waals surface area contributed by atoms with Crippen molar-refractivity contribution in [2.75, 3.05) is 6.61 Å². The van der Waals surface area contributed by atoms with E-state index in [4.69, 9.17) is 17.0 Å². The molecule has 0 aromatic heterocycles. The van der Waals surface area contributed by atoms with Gasteiger partial charge in [-0.15, -0.1) is 0 Å².